The van der Waals surface area contributed by atoms with Crippen molar-refractivity contribution in [2.45, 2.75) is 57.8 Å². The fourth-order valence-electron chi connectivity index (χ4n) is 9.48. The summed E-state index contributed by atoms with van der Waals surface area (Å²) < 4.78 is 46.5. The van der Waals surface area contributed by atoms with Crippen molar-refractivity contribution < 1.29 is 39.8 Å². The maximum atomic E-state index is 7.76. The quantitative estimate of drug-likeness (QED) is 0.0222. The van der Waals surface area contributed by atoms with Crippen molar-refractivity contribution >= 4 is 107 Å². The van der Waals surface area contributed by atoms with Crippen LogP contribution in [-0.2, 0) is 57.8 Å². The van der Waals surface area contributed by atoms with E-state index < -0.39 is 0 Å². The van der Waals surface area contributed by atoms with Crippen molar-refractivity contribution in [2.24, 2.45) is 173 Å². The van der Waals surface area contributed by atoms with E-state index in [4.69, 9.17) is 165 Å². The van der Waals surface area contributed by atoms with Gasteiger partial charge >= 0.3 is 0 Å². The number of nitrogens with zero attached hydrogens (tertiary/aromatic N) is 21. The van der Waals surface area contributed by atoms with Gasteiger partial charge in [0.05, 0.1) is 56.4 Å². The first-order valence-electron chi connectivity index (χ1n) is 41.9. The molecule has 0 atom stereocenters. The van der Waals surface area contributed by atoms with Crippen LogP contribution >= 0.6 is 0 Å². The fourth-order valence-corrected chi connectivity index (χ4v) is 9.48. The van der Waals surface area contributed by atoms with E-state index in [1.54, 1.807) is 146 Å². The van der Waals surface area contributed by atoms with Gasteiger partial charge in [0.2, 0.25) is 35.8 Å². The molecule has 42 N–H and O–H groups in total. The van der Waals surface area contributed by atoms with Gasteiger partial charge < -0.3 is 173 Å². The topological polar surface area (TPSA) is 902 Å². The van der Waals surface area contributed by atoms with Crippen molar-refractivity contribution in [2.75, 3.05) is 143 Å². The highest BCUT2D eigenvalue weighted by atomic mass is 16.4. The van der Waals surface area contributed by atoms with Crippen LogP contribution < -0.4 is 114 Å². The van der Waals surface area contributed by atoms with Crippen LogP contribution in [0.5, 0.6) is 0 Å². The summed E-state index contributed by atoms with van der Waals surface area (Å²) in [6.45, 7) is 5.46. The number of nitrogens with one attached hydrogen (secondary N) is 6. The van der Waals surface area contributed by atoms with Gasteiger partial charge in [0.25, 0.3) is 0 Å². The number of guanidine groups is 18. The average Bonchev–Trinajstić information content (AvgIpc) is 0.917. The summed E-state index contributed by atoms with van der Waals surface area (Å²) >= 11 is 0. The lowest BCUT2D eigenvalue weighted by molar-refractivity contribution is 0.420. The van der Waals surface area contributed by atoms with Gasteiger partial charge in [0.15, 0.2) is 71.5 Å². The number of nitrogens with two attached hydrogens (primary N) is 18. The Kier molecular flexibility index (Phi) is 60.0. The third-order valence-corrected chi connectivity index (χ3v) is 17.0. The number of furan rings is 9. The lowest BCUT2D eigenvalue weighted by atomic mass is 10.3. The fraction of sp³-hybridized carbons (Fsp3) is 0.357. The third kappa shape index (κ3) is 58.1. The van der Waals surface area contributed by atoms with Gasteiger partial charge in [-0.1, -0.05) is 0 Å². The predicted octanol–water partition coefficient (Wildman–Crippen LogP) is -0.771. The number of rotatable bonds is 27. The SMILES string of the molecule is CN(C(=N)N)C(N)=NCCc1ccco1.CN(C)C(N)=NC(N)=NCCc1ccco1.CN(CCc1ccco1)C(=N)N(C)C(=N)N.CN(CCc1ccco1)C(=N)N=C(N)N.CN=C(N)N=C(N)N(C)CCc1ccco1.CN=C(N)NC(N)=NCCc1ccco1.CN=C(N=C(N)N)N(C)CCc1ccco1.CN=C(N=C(N)N)NCCc1ccco1.NC(N)=NC(N)=NCCc1ccco1. The molecule has 0 aliphatic heterocycles. The molecule has 9 heterocycles. The second-order valence-corrected chi connectivity index (χ2v) is 28.0. The smallest absolute Gasteiger partial charge is 0.223 e. The van der Waals surface area contributed by atoms with Crippen LogP contribution in [0, 0.1) is 21.6 Å². The Morgan fingerprint density at radius 2 is 0.623 bits per heavy atom. The van der Waals surface area contributed by atoms with Crippen molar-refractivity contribution in [1.82, 2.24) is 44.9 Å². The van der Waals surface area contributed by atoms with Crippen LogP contribution in [0.4, 0.5) is 0 Å². The van der Waals surface area contributed by atoms with Crippen LogP contribution in [-0.4, -0.2) is 285 Å². The van der Waals surface area contributed by atoms with Crippen molar-refractivity contribution in [3.05, 3.63) is 217 Å². The van der Waals surface area contributed by atoms with E-state index >= 15 is 0 Å². The molecule has 756 valence electrons. The van der Waals surface area contributed by atoms with Crippen molar-refractivity contribution in [1.29, 1.82) is 21.6 Å². The highest BCUT2D eigenvalue weighted by Gasteiger charge is 2.14. The molecule has 54 nitrogen and oxygen atoms in total. The Bertz CT molecular complexity index is 5190. The summed E-state index contributed by atoms with van der Waals surface area (Å²) in [5.74, 6) is 10.5. The summed E-state index contributed by atoms with van der Waals surface area (Å²) in [6, 6.07) is 33.6. The second kappa shape index (κ2) is 70.0. The first-order valence-corrected chi connectivity index (χ1v) is 41.9. The van der Waals surface area contributed by atoms with Gasteiger partial charge in [-0.15, -0.1) is 0 Å². The molecule has 0 amide bonds. The minimum atomic E-state index is -0.144. The maximum Gasteiger partial charge on any atom is 0.223 e. The zero-order valence-corrected chi connectivity index (χ0v) is 80.3. The van der Waals surface area contributed by atoms with E-state index in [2.05, 4.69) is 80.5 Å². The number of hydrogen-bond donors (Lipinski definition) is 24. The molecular weight excluding hydrogens is 1780 g/mol. The monoisotopic (exact) mass is 1920 g/mol. The molecule has 0 saturated carbocycles. The molecule has 0 bridgehead atoms. The molecule has 0 radical (unpaired) electrons. The van der Waals surface area contributed by atoms with Gasteiger partial charge in [0, 0.05) is 201 Å². The molecule has 0 aliphatic carbocycles. The van der Waals surface area contributed by atoms with Gasteiger partial charge in [-0.2, -0.15) is 30.0 Å². The largest absolute Gasteiger partial charge is 0.469 e. The van der Waals surface area contributed by atoms with Gasteiger partial charge in [-0.3, -0.25) is 76.7 Å². The Labute approximate surface area is 801 Å². The van der Waals surface area contributed by atoms with Gasteiger partial charge in [0.1, 0.15) is 51.8 Å². The molecule has 0 spiro atoms. The lowest BCUT2D eigenvalue weighted by Gasteiger charge is -2.26. The average molecular weight is 1930 g/mol. The second-order valence-electron chi connectivity index (χ2n) is 28.0. The lowest BCUT2D eigenvalue weighted by Crippen LogP contribution is -2.46. The standard InChI is InChI=1S/4C10H17N5O.4C9H15N5O.C8H13N5O/c1-15(2)10(12)14-9(11)13-6-5-8-4-3-7-16-8;1-13-9(11)14-10(12)15(2)6-5-8-4-3-7-16-8;1-14(10(13)15(2)9(11)12)6-5-8-4-3-7-16-8;1-13-10(14-9(11)12)15(2)6-5-8-4-3-7-16-8;1-12-8(10)14-9(11)13-5-4-7-3-2-6-15-7;1-14(9(12)13-8(10)11)5-4-7-3-2-6-15-7;1-14(8(10)11)9(12)13-5-4-7-3-2-6-15-7;1-12-9(14-8(10)11)13-5-4-7-3-2-6-15-7;9-7(10)13-8(11)12-4-3-6-2-1-5-14-6/h2*3-4,7H,5-6H2,1-2H3,(H4,11,12,13,14);3-4,7,13H,5-6H2,1-2H3,(H3,11,12);3-4,7H,5-6H2,1-2H3,(H4,11,12,13,14);2-3,6H,4-5H2,1H3,(H5,10,11,12,13,14);2-3,6H,4-5H2,1H3,(H5,10,11,12,13);2-3,6H,4-5H2,1H3,(H3,10,11)(H2,12,13);2-3,6H,4-5H2,1H3,(H5,10,11,12,13,14);1-2,5H,3-4H2,(H6,9,10,11,12,13). The molecule has 0 aliphatic rings. The van der Waals surface area contributed by atoms with Crippen LogP contribution in [0.1, 0.15) is 51.8 Å². The molecule has 0 aromatic carbocycles. The van der Waals surface area contributed by atoms with Gasteiger partial charge in [-0.25, -0.2) is 0 Å². The van der Waals surface area contributed by atoms with E-state index in [0.717, 1.165) is 84.1 Å². The highest BCUT2D eigenvalue weighted by Crippen LogP contribution is 2.09. The van der Waals surface area contributed by atoms with E-state index in [1.807, 2.05) is 128 Å². The highest BCUT2D eigenvalue weighted by molar-refractivity contribution is 5.99. The van der Waals surface area contributed by atoms with E-state index in [-0.39, 0.29) is 83.4 Å². The molecule has 9 rings (SSSR count). The predicted molar refractivity (Wildman–Crippen MR) is 546 cm³/mol. The Morgan fingerprint density at radius 3 is 0.949 bits per heavy atom. The Morgan fingerprint density at radius 1 is 0.297 bits per heavy atom. The summed E-state index contributed by atoms with van der Waals surface area (Å²) in [5, 5.41) is 35.2. The first kappa shape index (κ1) is 118. The minimum Gasteiger partial charge on any atom is -0.469 e. The number of aliphatic imine (C=N–C) groups is 14. The van der Waals surface area contributed by atoms with E-state index in [0.29, 0.717) is 108 Å². The third-order valence-electron chi connectivity index (χ3n) is 17.0. The summed E-state index contributed by atoms with van der Waals surface area (Å²) in [5.41, 5.74) is 96.3. The summed E-state index contributed by atoms with van der Waals surface area (Å²) in [4.78, 5) is 65.4. The van der Waals surface area contributed by atoms with Crippen LogP contribution in [0.25, 0.3) is 0 Å². The molecule has 138 heavy (non-hydrogen) atoms. The maximum absolute atomic E-state index is 7.76. The van der Waals surface area contributed by atoms with Crippen molar-refractivity contribution in [3.63, 3.8) is 0 Å². The normalized spacial score (nSPS) is 11.5. The molecule has 9 aromatic heterocycles. The Balaban J connectivity index is 0.000000776. The van der Waals surface area contributed by atoms with E-state index in [1.165, 1.54) is 9.80 Å². The first-order chi connectivity index (χ1) is 65.7. The van der Waals surface area contributed by atoms with Crippen molar-refractivity contribution in [3.8, 4) is 0 Å². The summed E-state index contributed by atoms with van der Waals surface area (Å²) in [6.07, 6.45) is 21.2. The van der Waals surface area contributed by atoms with Crippen LogP contribution in [0.2, 0.25) is 0 Å². The molecule has 54 heteroatoms. The molecule has 0 fully saturated rings. The zero-order valence-electron chi connectivity index (χ0n) is 80.3. The van der Waals surface area contributed by atoms with Gasteiger partial charge in [-0.05, 0) is 109 Å². The summed E-state index contributed by atoms with van der Waals surface area (Å²) in [7, 11) is 20.4. The van der Waals surface area contributed by atoms with E-state index in [9.17, 15) is 0 Å². The molecular formula is C84H141N45O9. The molecule has 9 aromatic rings. The van der Waals surface area contributed by atoms with Crippen LogP contribution in [0.15, 0.2) is 275 Å². The minimum absolute atomic E-state index is 0.00505. The zero-order chi connectivity index (χ0) is 103. The van der Waals surface area contributed by atoms with Crippen LogP contribution in [0.3, 0.4) is 0 Å². The number of likely N-dealkylation sites (N-methyl/N-ethyl adjacent to an activating group) is 4. The molecule has 0 unspecified atom stereocenters. The Hall–Kier alpha value is -17.8. The number of hydrogen-bond acceptors (Lipinski definition) is 21. The molecule has 0 saturated heterocycles.